The molecule has 1 heterocycles. The third-order valence-corrected chi connectivity index (χ3v) is 5.30. The zero-order valence-electron chi connectivity index (χ0n) is 9.90. The van der Waals surface area contributed by atoms with Crippen molar-refractivity contribution >= 4 is 10.0 Å². The molecule has 1 saturated heterocycles. The van der Waals surface area contributed by atoms with E-state index in [-0.39, 0.29) is 6.04 Å². The van der Waals surface area contributed by atoms with Gasteiger partial charge in [-0.1, -0.05) is 13.3 Å². The van der Waals surface area contributed by atoms with Crippen molar-refractivity contribution in [2.24, 2.45) is 0 Å². The van der Waals surface area contributed by atoms with Gasteiger partial charge in [0.15, 0.2) is 0 Å². The van der Waals surface area contributed by atoms with Gasteiger partial charge in [-0.05, 0) is 27.2 Å². The second-order valence-corrected chi connectivity index (χ2v) is 7.75. The fourth-order valence-corrected chi connectivity index (χ4v) is 3.12. The average Bonchev–Trinajstić information content (AvgIpc) is 2.81. The molecule has 5 heteroatoms. The fraction of sp³-hybridized carbons (Fsp3) is 1.00. The van der Waals surface area contributed by atoms with Gasteiger partial charge in [0.05, 0.1) is 16.9 Å². The predicted octanol–water partition coefficient (Wildman–Crippen LogP) is 0.960. The van der Waals surface area contributed by atoms with Crippen LogP contribution in [-0.4, -0.2) is 41.3 Å². The Morgan fingerprint density at radius 3 is 2.40 bits per heavy atom. The van der Waals surface area contributed by atoms with E-state index < -0.39 is 20.9 Å². The normalized spacial score (nSPS) is 28.9. The highest BCUT2D eigenvalue weighted by Crippen LogP contribution is 2.33. The molecule has 1 N–H and O–H groups in total. The first-order valence-electron chi connectivity index (χ1n) is 5.41. The number of sulfonamides is 1. The number of nitrogens with zero attached hydrogens (tertiary/aromatic N) is 1. The topological polar surface area (TPSA) is 57.4 Å². The third-order valence-electron chi connectivity index (χ3n) is 2.71. The Kier molecular flexibility index (Phi) is 3.48. The summed E-state index contributed by atoms with van der Waals surface area (Å²) < 4.78 is 24.5. The highest BCUT2D eigenvalue weighted by molar-refractivity contribution is 7.90. The maximum absolute atomic E-state index is 11.9. The summed E-state index contributed by atoms with van der Waals surface area (Å²) in [4.78, 5) is 0. The van der Waals surface area contributed by atoms with Crippen molar-refractivity contribution in [1.82, 2.24) is 4.31 Å². The molecule has 2 unspecified atom stereocenters. The van der Waals surface area contributed by atoms with Gasteiger partial charge < -0.3 is 5.11 Å². The quantitative estimate of drug-likeness (QED) is 0.738. The van der Waals surface area contributed by atoms with Gasteiger partial charge in [-0.2, -0.15) is 4.31 Å². The van der Waals surface area contributed by atoms with E-state index in [9.17, 15) is 13.5 Å². The van der Waals surface area contributed by atoms with Crippen LogP contribution in [0.1, 0.15) is 40.5 Å². The summed E-state index contributed by atoms with van der Waals surface area (Å²) in [5.41, 5.74) is 0. The Balaban J connectivity index is 2.65. The summed E-state index contributed by atoms with van der Waals surface area (Å²) in [5, 5.41) is 9.68. The minimum absolute atomic E-state index is 0.186. The summed E-state index contributed by atoms with van der Waals surface area (Å²) in [7, 11) is -3.24. The molecule has 15 heavy (non-hydrogen) atoms. The van der Waals surface area contributed by atoms with Gasteiger partial charge in [0.1, 0.15) is 0 Å². The maximum Gasteiger partial charge on any atom is 0.219 e. The lowest BCUT2D eigenvalue weighted by Crippen LogP contribution is -2.36. The van der Waals surface area contributed by atoms with Crippen LogP contribution in [0.5, 0.6) is 0 Å². The van der Waals surface area contributed by atoms with Crippen molar-refractivity contribution in [3.63, 3.8) is 0 Å². The molecule has 0 spiro atoms. The Labute approximate surface area is 92.3 Å². The summed E-state index contributed by atoms with van der Waals surface area (Å²) in [6.07, 6.45) is 1.04. The standard InChI is InChI=1S/C10H21NO3S/c1-5-6-9(12)8-7-11(8)15(13,14)10(2,3)4/h8-9,12H,5-7H2,1-4H3/t8-,9?,11?/m1/s1. The van der Waals surface area contributed by atoms with Crippen LogP contribution in [0.4, 0.5) is 0 Å². The van der Waals surface area contributed by atoms with E-state index in [1.165, 1.54) is 4.31 Å². The fourth-order valence-electron chi connectivity index (χ4n) is 1.57. The van der Waals surface area contributed by atoms with Crippen LogP contribution in [0.25, 0.3) is 0 Å². The van der Waals surface area contributed by atoms with Crippen LogP contribution in [0, 0.1) is 0 Å². The highest BCUT2D eigenvalue weighted by atomic mass is 32.2. The SMILES string of the molecule is CCCC(O)[C@H]1CN1S(=O)(=O)C(C)(C)C. The minimum atomic E-state index is -3.24. The van der Waals surface area contributed by atoms with Gasteiger partial charge in [0.25, 0.3) is 0 Å². The van der Waals surface area contributed by atoms with E-state index in [0.29, 0.717) is 13.0 Å². The average molecular weight is 235 g/mol. The van der Waals surface area contributed by atoms with Crippen LogP contribution >= 0.6 is 0 Å². The molecular formula is C10H21NO3S. The zero-order chi connectivity index (χ0) is 11.9. The van der Waals surface area contributed by atoms with Crippen LogP contribution in [0.2, 0.25) is 0 Å². The van der Waals surface area contributed by atoms with Crippen LogP contribution in [-0.2, 0) is 10.0 Å². The molecule has 0 aromatic carbocycles. The Bertz CT molecular complexity index is 318. The second-order valence-electron chi connectivity index (χ2n) is 5.11. The van der Waals surface area contributed by atoms with E-state index in [0.717, 1.165) is 6.42 Å². The molecule has 0 bridgehead atoms. The third kappa shape index (κ3) is 2.52. The van der Waals surface area contributed by atoms with E-state index in [4.69, 9.17) is 0 Å². The Morgan fingerprint density at radius 2 is 2.00 bits per heavy atom. The number of hydrogen-bond acceptors (Lipinski definition) is 3. The minimum Gasteiger partial charge on any atom is -0.391 e. The first kappa shape index (κ1) is 12.9. The largest absolute Gasteiger partial charge is 0.391 e. The molecule has 0 aromatic rings. The van der Waals surface area contributed by atoms with Crippen molar-refractivity contribution in [3.8, 4) is 0 Å². The van der Waals surface area contributed by atoms with Crippen LogP contribution in [0.15, 0.2) is 0 Å². The van der Waals surface area contributed by atoms with Gasteiger partial charge >= 0.3 is 0 Å². The molecule has 3 atom stereocenters. The van der Waals surface area contributed by atoms with Gasteiger partial charge in [-0.15, -0.1) is 0 Å². The monoisotopic (exact) mass is 235 g/mol. The molecule has 0 saturated carbocycles. The second kappa shape index (κ2) is 4.03. The van der Waals surface area contributed by atoms with Crippen molar-refractivity contribution in [3.05, 3.63) is 0 Å². The number of hydrogen-bond donors (Lipinski definition) is 1. The first-order chi connectivity index (χ1) is 6.71. The Hall–Kier alpha value is -0.130. The molecule has 0 amide bonds. The molecular weight excluding hydrogens is 214 g/mol. The van der Waals surface area contributed by atoms with E-state index in [1.807, 2.05) is 6.92 Å². The smallest absolute Gasteiger partial charge is 0.219 e. The molecule has 90 valence electrons. The van der Waals surface area contributed by atoms with Gasteiger partial charge in [0.2, 0.25) is 10.0 Å². The molecule has 1 rings (SSSR count). The number of aliphatic hydroxyl groups is 1. The van der Waals surface area contributed by atoms with Crippen LogP contribution in [0.3, 0.4) is 0 Å². The highest BCUT2D eigenvalue weighted by Gasteiger charge is 2.51. The van der Waals surface area contributed by atoms with E-state index in [1.54, 1.807) is 20.8 Å². The molecule has 1 aliphatic heterocycles. The van der Waals surface area contributed by atoms with Crippen molar-refractivity contribution in [2.45, 2.75) is 57.4 Å². The molecule has 4 nitrogen and oxygen atoms in total. The van der Waals surface area contributed by atoms with Crippen LogP contribution < -0.4 is 0 Å². The van der Waals surface area contributed by atoms with E-state index in [2.05, 4.69) is 0 Å². The lowest BCUT2D eigenvalue weighted by atomic mass is 10.1. The number of rotatable bonds is 4. The Morgan fingerprint density at radius 1 is 1.47 bits per heavy atom. The molecule has 1 aliphatic rings. The van der Waals surface area contributed by atoms with Crippen molar-refractivity contribution in [1.29, 1.82) is 0 Å². The predicted molar refractivity (Wildman–Crippen MR) is 60.1 cm³/mol. The first-order valence-corrected chi connectivity index (χ1v) is 6.85. The van der Waals surface area contributed by atoms with Gasteiger partial charge in [-0.25, -0.2) is 8.42 Å². The summed E-state index contributed by atoms with van der Waals surface area (Å²) in [5.74, 6) is 0. The summed E-state index contributed by atoms with van der Waals surface area (Å²) in [6, 6.07) is -0.186. The van der Waals surface area contributed by atoms with E-state index >= 15 is 0 Å². The molecule has 0 radical (unpaired) electrons. The van der Waals surface area contributed by atoms with Gasteiger partial charge in [0, 0.05) is 6.54 Å². The zero-order valence-corrected chi connectivity index (χ0v) is 10.7. The lowest BCUT2D eigenvalue weighted by Gasteiger charge is -2.21. The summed E-state index contributed by atoms with van der Waals surface area (Å²) >= 11 is 0. The summed E-state index contributed by atoms with van der Waals surface area (Å²) in [6.45, 7) is 7.51. The van der Waals surface area contributed by atoms with Crippen molar-refractivity contribution in [2.75, 3.05) is 6.54 Å². The van der Waals surface area contributed by atoms with Crippen molar-refractivity contribution < 1.29 is 13.5 Å². The van der Waals surface area contributed by atoms with Gasteiger partial charge in [-0.3, -0.25) is 0 Å². The molecule has 0 aromatic heterocycles. The lowest BCUT2D eigenvalue weighted by molar-refractivity contribution is 0.154. The number of aliphatic hydroxyl groups excluding tert-OH is 1. The maximum atomic E-state index is 11.9. The molecule has 0 aliphatic carbocycles. The molecule has 1 fully saturated rings.